The molecule has 0 bridgehead atoms. The largest absolute Gasteiger partial charge is 0.494 e. The molecule has 1 aromatic carbocycles. The van der Waals surface area contributed by atoms with E-state index in [1.807, 2.05) is 32.6 Å². The molecule has 0 radical (unpaired) electrons. The first kappa shape index (κ1) is 19.7. The lowest BCUT2D eigenvalue weighted by Crippen LogP contribution is -2.30. The summed E-state index contributed by atoms with van der Waals surface area (Å²) in [6.45, 7) is 9.88. The van der Waals surface area contributed by atoms with Crippen LogP contribution in [0.5, 0.6) is 5.75 Å². The second kappa shape index (κ2) is 7.54. The number of sulfone groups is 1. The molecule has 0 N–H and O–H groups in total. The Bertz CT molecular complexity index is 874. The van der Waals surface area contributed by atoms with Crippen LogP contribution in [0.3, 0.4) is 0 Å². The number of rotatable bonds is 5. The van der Waals surface area contributed by atoms with Gasteiger partial charge in [0, 0.05) is 18.5 Å². The number of benzene rings is 1. The lowest BCUT2D eigenvalue weighted by molar-refractivity contribution is 0.340. The summed E-state index contributed by atoms with van der Waals surface area (Å²) < 4.78 is 38.0. The van der Waals surface area contributed by atoms with Crippen molar-refractivity contribution >= 4 is 15.7 Å². The van der Waals surface area contributed by atoms with E-state index in [-0.39, 0.29) is 15.3 Å². The van der Waals surface area contributed by atoms with Gasteiger partial charge in [-0.2, -0.15) is 4.98 Å². The van der Waals surface area contributed by atoms with Crippen LogP contribution in [0.1, 0.15) is 52.8 Å². The van der Waals surface area contributed by atoms with Crippen LogP contribution >= 0.6 is 0 Å². The van der Waals surface area contributed by atoms with Gasteiger partial charge in [0.1, 0.15) is 5.75 Å². The Balaban J connectivity index is 2.06. The van der Waals surface area contributed by atoms with Crippen LogP contribution in [0.15, 0.2) is 38.6 Å². The fourth-order valence-corrected chi connectivity index (χ4v) is 4.41. The molecule has 0 aliphatic carbocycles. The average molecular weight is 393 g/mol. The number of hydrogen-bond acceptors (Lipinski definition) is 6. The van der Waals surface area contributed by atoms with Gasteiger partial charge in [0.15, 0.2) is 0 Å². The number of piperidine rings is 1. The number of oxazole rings is 1. The van der Waals surface area contributed by atoms with Gasteiger partial charge in [0.2, 0.25) is 26.6 Å². The predicted octanol–water partition coefficient (Wildman–Crippen LogP) is 4.19. The summed E-state index contributed by atoms with van der Waals surface area (Å²) in [6.07, 6.45) is 3.19. The van der Waals surface area contributed by atoms with E-state index in [0.717, 1.165) is 32.4 Å². The quantitative estimate of drug-likeness (QED) is 0.759. The maximum atomic E-state index is 13.3. The summed E-state index contributed by atoms with van der Waals surface area (Å²) >= 11 is 0. The van der Waals surface area contributed by atoms with Crippen LogP contribution in [0.25, 0.3) is 0 Å². The highest BCUT2D eigenvalue weighted by Crippen LogP contribution is 2.36. The lowest BCUT2D eigenvalue weighted by atomic mass is 9.97. The fourth-order valence-electron chi connectivity index (χ4n) is 3.08. The van der Waals surface area contributed by atoms with Crippen LogP contribution in [0, 0.1) is 0 Å². The first-order valence-electron chi connectivity index (χ1n) is 9.47. The third-order valence-electron chi connectivity index (χ3n) is 4.56. The number of nitrogens with zero attached hydrogens (tertiary/aromatic N) is 2. The Morgan fingerprint density at radius 1 is 1.11 bits per heavy atom. The van der Waals surface area contributed by atoms with E-state index in [1.165, 1.54) is 0 Å². The van der Waals surface area contributed by atoms with Gasteiger partial charge in [-0.3, -0.25) is 0 Å². The topological polar surface area (TPSA) is 72.6 Å². The predicted molar refractivity (Wildman–Crippen MR) is 104 cm³/mol. The second-order valence-electron chi connectivity index (χ2n) is 7.83. The summed E-state index contributed by atoms with van der Waals surface area (Å²) in [5, 5.41) is 0.0125. The van der Waals surface area contributed by atoms with Crippen molar-refractivity contribution in [1.82, 2.24) is 4.98 Å². The molecule has 1 aliphatic rings. The van der Waals surface area contributed by atoms with Crippen molar-refractivity contribution in [2.45, 2.75) is 62.3 Å². The normalized spacial score (nSPS) is 15.8. The first-order valence-corrected chi connectivity index (χ1v) is 11.0. The van der Waals surface area contributed by atoms with E-state index < -0.39 is 9.84 Å². The molecular formula is C20H28N2O4S. The Kier molecular flexibility index (Phi) is 5.51. The van der Waals surface area contributed by atoms with Crippen molar-refractivity contribution in [2.24, 2.45) is 0 Å². The van der Waals surface area contributed by atoms with E-state index in [2.05, 4.69) is 4.98 Å². The van der Waals surface area contributed by atoms with Gasteiger partial charge in [0.25, 0.3) is 0 Å². The number of anilines is 1. The molecule has 2 aromatic rings. The van der Waals surface area contributed by atoms with Crippen molar-refractivity contribution in [2.75, 3.05) is 24.6 Å². The van der Waals surface area contributed by atoms with Crippen LogP contribution in [0.4, 0.5) is 5.88 Å². The minimum Gasteiger partial charge on any atom is -0.494 e. The standard InChI is InChI=1S/C20H28N2O4S/c1-5-25-15-9-11-16(12-10-15)27(23,24)17-18(22-13-7-6-8-14-22)26-19(21-17)20(2,3)4/h9-12H,5-8,13-14H2,1-4H3. The molecule has 0 saturated carbocycles. The van der Waals surface area contributed by atoms with Gasteiger partial charge in [-0.25, -0.2) is 8.42 Å². The molecule has 1 aromatic heterocycles. The molecule has 6 nitrogen and oxygen atoms in total. The fraction of sp³-hybridized carbons (Fsp3) is 0.550. The van der Waals surface area contributed by atoms with Crippen LogP contribution in [0.2, 0.25) is 0 Å². The highest BCUT2D eigenvalue weighted by molar-refractivity contribution is 7.91. The molecule has 1 saturated heterocycles. The zero-order valence-electron chi connectivity index (χ0n) is 16.5. The average Bonchev–Trinajstić information content (AvgIpc) is 3.10. The van der Waals surface area contributed by atoms with Gasteiger partial charge in [-0.05, 0) is 50.5 Å². The molecule has 0 spiro atoms. The molecule has 3 rings (SSSR count). The van der Waals surface area contributed by atoms with Gasteiger partial charge in [-0.15, -0.1) is 0 Å². The second-order valence-corrected chi connectivity index (χ2v) is 9.70. The van der Waals surface area contributed by atoms with Crippen molar-refractivity contribution in [1.29, 1.82) is 0 Å². The van der Waals surface area contributed by atoms with Gasteiger partial charge < -0.3 is 14.1 Å². The molecule has 1 aliphatic heterocycles. The van der Waals surface area contributed by atoms with E-state index in [9.17, 15) is 8.42 Å². The molecule has 2 heterocycles. The molecular weight excluding hydrogens is 364 g/mol. The third-order valence-corrected chi connectivity index (χ3v) is 6.23. The van der Waals surface area contributed by atoms with E-state index in [0.29, 0.717) is 24.1 Å². The zero-order valence-corrected chi connectivity index (χ0v) is 17.3. The zero-order chi connectivity index (χ0) is 19.7. The van der Waals surface area contributed by atoms with Crippen molar-refractivity contribution in [3.05, 3.63) is 30.2 Å². The van der Waals surface area contributed by atoms with Crippen molar-refractivity contribution in [3.63, 3.8) is 0 Å². The molecule has 27 heavy (non-hydrogen) atoms. The minimum absolute atomic E-state index is 0.0125. The number of hydrogen-bond donors (Lipinski definition) is 0. The maximum absolute atomic E-state index is 13.3. The first-order chi connectivity index (χ1) is 12.7. The number of aromatic nitrogens is 1. The Morgan fingerprint density at radius 2 is 1.74 bits per heavy atom. The van der Waals surface area contributed by atoms with E-state index in [4.69, 9.17) is 9.15 Å². The van der Waals surface area contributed by atoms with Crippen molar-refractivity contribution in [3.8, 4) is 5.75 Å². The SMILES string of the molecule is CCOc1ccc(S(=O)(=O)c2nc(C(C)(C)C)oc2N2CCCCC2)cc1. The summed E-state index contributed by atoms with van der Waals surface area (Å²) in [4.78, 5) is 6.64. The van der Waals surface area contributed by atoms with Crippen molar-refractivity contribution < 1.29 is 17.6 Å². The highest BCUT2D eigenvalue weighted by atomic mass is 32.2. The summed E-state index contributed by atoms with van der Waals surface area (Å²) in [6, 6.07) is 6.46. The molecule has 148 valence electrons. The Morgan fingerprint density at radius 3 is 2.30 bits per heavy atom. The van der Waals surface area contributed by atoms with E-state index in [1.54, 1.807) is 24.3 Å². The summed E-state index contributed by atoms with van der Waals surface area (Å²) in [5.41, 5.74) is -0.378. The summed E-state index contributed by atoms with van der Waals surface area (Å²) in [5.74, 6) is 1.45. The lowest BCUT2D eigenvalue weighted by Gasteiger charge is -2.26. The highest BCUT2D eigenvalue weighted by Gasteiger charge is 2.34. The molecule has 0 unspecified atom stereocenters. The monoisotopic (exact) mass is 392 g/mol. The molecule has 1 fully saturated rings. The minimum atomic E-state index is -3.79. The van der Waals surface area contributed by atoms with Crippen LogP contribution < -0.4 is 9.64 Å². The molecule has 0 amide bonds. The van der Waals surface area contributed by atoms with Crippen LogP contribution in [-0.4, -0.2) is 33.1 Å². The Labute approximate surface area is 161 Å². The van der Waals surface area contributed by atoms with E-state index >= 15 is 0 Å². The van der Waals surface area contributed by atoms with Gasteiger partial charge in [-0.1, -0.05) is 20.8 Å². The van der Waals surface area contributed by atoms with Gasteiger partial charge in [0.05, 0.1) is 11.5 Å². The van der Waals surface area contributed by atoms with Crippen LogP contribution in [-0.2, 0) is 15.3 Å². The third kappa shape index (κ3) is 4.13. The number of ether oxygens (including phenoxy) is 1. The maximum Gasteiger partial charge on any atom is 0.236 e. The smallest absolute Gasteiger partial charge is 0.236 e. The molecule has 0 atom stereocenters. The summed E-state index contributed by atoms with van der Waals surface area (Å²) in [7, 11) is -3.79. The molecule has 7 heteroatoms. The Hall–Kier alpha value is -2.02. The van der Waals surface area contributed by atoms with Gasteiger partial charge >= 0.3 is 0 Å².